The van der Waals surface area contributed by atoms with Gasteiger partial charge in [0, 0.05) is 61.5 Å². The van der Waals surface area contributed by atoms with Crippen molar-refractivity contribution in [1.29, 1.82) is 0 Å². The zero-order valence-electron chi connectivity index (χ0n) is 31.7. The summed E-state index contributed by atoms with van der Waals surface area (Å²) in [5, 5.41) is 9.89. The summed E-state index contributed by atoms with van der Waals surface area (Å²) >= 11 is 0. The van der Waals surface area contributed by atoms with Gasteiger partial charge in [0.15, 0.2) is 0 Å². The number of fused-ring (bicyclic) bond motifs is 4. The monoisotopic (exact) mass is 755 g/mol. The van der Waals surface area contributed by atoms with Gasteiger partial charge in [-0.15, -0.1) is 0 Å². The van der Waals surface area contributed by atoms with Crippen LogP contribution in [0.1, 0.15) is 82.9 Å². The van der Waals surface area contributed by atoms with E-state index in [1.165, 1.54) is 11.2 Å². The Kier molecular flexibility index (Phi) is 11.5. The average molecular weight is 756 g/mol. The summed E-state index contributed by atoms with van der Waals surface area (Å²) in [6, 6.07) is 2.08. The molecular formula is C40H53N9O6. The first-order valence-corrected chi connectivity index (χ1v) is 20.0. The molecule has 55 heavy (non-hydrogen) atoms. The van der Waals surface area contributed by atoms with Crippen LogP contribution in [0, 0.1) is 5.92 Å². The molecule has 0 radical (unpaired) electrons. The number of nitrogens with one attached hydrogen (secondary N) is 5. The number of rotatable bonds is 6. The van der Waals surface area contributed by atoms with E-state index in [0.717, 1.165) is 29.3 Å². The maximum absolute atomic E-state index is 14.6. The molecule has 1 aromatic carbocycles. The van der Waals surface area contributed by atoms with E-state index in [2.05, 4.69) is 30.9 Å². The van der Waals surface area contributed by atoms with Gasteiger partial charge in [-0.25, -0.2) is 4.98 Å². The van der Waals surface area contributed by atoms with Crippen LogP contribution in [0.15, 0.2) is 43.0 Å². The molecule has 4 saturated heterocycles. The van der Waals surface area contributed by atoms with Crippen molar-refractivity contribution in [3.05, 3.63) is 54.2 Å². The van der Waals surface area contributed by atoms with E-state index in [1.807, 2.05) is 44.3 Å². The number of nitrogens with zero attached hydrogens (tertiary/aromatic N) is 4. The molecule has 15 nitrogen and oxygen atoms in total. The smallest absolute Gasteiger partial charge is 0.246 e. The lowest BCUT2D eigenvalue weighted by Gasteiger charge is -2.43. The summed E-state index contributed by atoms with van der Waals surface area (Å²) in [5.41, 5.74) is 2.32. The van der Waals surface area contributed by atoms with E-state index >= 15 is 0 Å². The van der Waals surface area contributed by atoms with Crippen LogP contribution in [0.25, 0.3) is 10.9 Å². The Morgan fingerprint density at radius 1 is 0.691 bits per heavy atom. The highest BCUT2D eigenvalue weighted by molar-refractivity contribution is 5.99. The summed E-state index contributed by atoms with van der Waals surface area (Å²) in [6.45, 7) is 4.83. The number of carbonyl (C=O) groups is 6. The lowest BCUT2D eigenvalue weighted by molar-refractivity contribution is -0.155. The molecule has 6 amide bonds. The maximum atomic E-state index is 14.6. The molecular weight excluding hydrogens is 702 g/mol. The van der Waals surface area contributed by atoms with E-state index in [9.17, 15) is 28.8 Å². The van der Waals surface area contributed by atoms with E-state index < -0.39 is 59.9 Å². The fraction of sp³-hybridized carbons (Fsp3) is 0.575. The number of amides is 6. The Hall–Kier alpha value is -5.21. The van der Waals surface area contributed by atoms with Crippen molar-refractivity contribution in [1.82, 2.24) is 45.6 Å². The SMILES string of the molecule is CC[C@@H](C)[C@@H]1NC(=O)[C@@H](Cc2c[nH]c3ccccc23)NC(=O)[C@@H]2CCCN2C(=O)[C@@H](Cc2cnc[nH]2)NC(=O)[C@@H]2CCCCN2C(=O)[C@H]2CCCCN2C1=O. The van der Waals surface area contributed by atoms with Crippen LogP contribution in [0.5, 0.6) is 0 Å². The Morgan fingerprint density at radius 3 is 2.04 bits per heavy atom. The van der Waals surface area contributed by atoms with Gasteiger partial charge in [0.05, 0.1) is 6.33 Å². The van der Waals surface area contributed by atoms with Crippen molar-refractivity contribution in [2.45, 2.75) is 121 Å². The van der Waals surface area contributed by atoms with Crippen molar-refractivity contribution < 1.29 is 28.8 Å². The summed E-state index contributed by atoms with van der Waals surface area (Å²) in [7, 11) is 0. The van der Waals surface area contributed by atoms with Gasteiger partial charge in [-0.05, 0) is 68.9 Å². The van der Waals surface area contributed by atoms with Crippen LogP contribution in [0.3, 0.4) is 0 Å². The van der Waals surface area contributed by atoms with Crippen molar-refractivity contribution >= 4 is 46.3 Å². The van der Waals surface area contributed by atoms with Gasteiger partial charge in [0.25, 0.3) is 0 Å². The number of aromatic amines is 2. The first-order chi connectivity index (χ1) is 26.6. The zero-order valence-corrected chi connectivity index (χ0v) is 31.7. The van der Waals surface area contributed by atoms with Crippen molar-refractivity contribution in [2.24, 2.45) is 5.92 Å². The molecule has 0 unspecified atom stereocenters. The predicted molar refractivity (Wildman–Crippen MR) is 203 cm³/mol. The first-order valence-electron chi connectivity index (χ1n) is 20.0. The molecule has 3 aromatic rings. The summed E-state index contributed by atoms with van der Waals surface area (Å²) in [6.07, 6.45) is 10.4. The van der Waals surface area contributed by atoms with Crippen molar-refractivity contribution in [2.75, 3.05) is 19.6 Å². The molecule has 5 N–H and O–H groups in total. The first kappa shape index (κ1) is 38.1. The minimum Gasteiger partial charge on any atom is -0.361 e. The molecule has 7 rings (SSSR count). The third-order valence-electron chi connectivity index (χ3n) is 12.1. The standard InChI is InChI=1S/C40H53N9O6/c1-3-24(2)34-40(55)49-17-9-7-14-33(49)39(54)48-16-8-6-13-31(48)37(52)45-30(20-26-22-41-23-43-26)38(53)47-18-10-15-32(47)36(51)44-29(35(50)46-34)19-25-21-42-28-12-5-4-11-27(25)28/h4-5,11-12,21-24,29-34,42H,3,6-10,13-20H2,1-2H3,(H,41,43)(H,44,51)(H,45,52)(H,46,50)/t24-,29-,30-,31+,32+,33-,34+/m1/s1. The molecule has 7 atom stereocenters. The molecule has 0 aliphatic carbocycles. The number of benzene rings is 1. The molecule has 4 aliphatic heterocycles. The van der Waals surface area contributed by atoms with Gasteiger partial charge in [0.1, 0.15) is 36.3 Å². The van der Waals surface area contributed by atoms with Crippen LogP contribution in [-0.2, 0) is 41.6 Å². The minimum atomic E-state index is -1.09. The van der Waals surface area contributed by atoms with Crippen LogP contribution in [0.4, 0.5) is 0 Å². The lowest BCUT2D eigenvalue weighted by atomic mass is 9.92. The quantitative estimate of drug-likeness (QED) is 0.254. The number of hydrogen-bond donors (Lipinski definition) is 5. The molecule has 4 aliphatic rings. The second-order valence-electron chi connectivity index (χ2n) is 15.6. The maximum Gasteiger partial charge on any atom is 0.246 e. The Bertz CT molecular complexity index is 1890. The third kappa shape index (κ3) is 7.97. The molecule has 4 fully saturated rings. The fourth-order valence-electron chi connectivity index (χ4n) is 8.81. The molecule has 0 spiro atoms. The van der Waals surface area contributed by atoms with Crippen molar-refractivity contribution in [3.8, 4) is 0 Å². The van der Waals surface area contributed by atoms with E-state index in [0.29, 0.717) is 70.3 Å². The highest BCUT2D eigenvalue weighted by Crippen LogP contribution is 2.28. The number of hydrogen-bond acceptors (Lipinski definition) is 7. The van der Waals surface area contributed by atoms with Crippen LogP contribution in [-0.4, -0.2) is 121 Å². The fourth-order valence-corrected chi connectivity index (χ4v) is 8.81. The number of imidazole rings is 1. The molecule has 2 aromatic heterocycles. The van der Waals surface area contributed by atoms with Crippen LogP contribution in [0.2, 0.25) is 0 Å². The number of H-pyrrole nitrogens is 2. The molecule has 15 heteroatoms. The molecule has 0 bridgehead atoms. The summed E-state index contributed by atoms with van der Waals surface area (Å²) in [4.78, 5) is 102. The molecule has 6 heterocycles. The largest absolute Gasteiger partial charge is 0.361 e. The lowest BCUT2D eigenvalue weighted by Crippen LogP contribution is -2.64. The van der Waals surface area contributed by atoms with Gasteiger partial charge in [-0.1, -0.05) is 38.5 Å². The Morgan fingerprint density at radius 2 is 1.33 bits per heavy atom. The highest BCUT2D eigenvalue weighted by Gasteiger charge is 2.45. The van der Waals surface area contributed by atoms with Gasteiger partial charge in [-0.3, -0.25) is 28.8 Å². The topological polar surface area (TPSA) is 193 Å². The van der Waals surface area contributed by atoms with Crippen LogP contribution >= 0.6 is 0 Å². The Balaban J connectivity index is 1.28. The highest BCUT2D eigenvalue weighted by atomic mass is 16.2. The van der Waals surface area contributed by atoms with Gasteiger partial charge < -0.3 is 40.6 Å². The van der Waals surface area contributed by atoms with Gasteiger partial charge in [0.2, 0.25) is 35.4 Å². The molecule has 294 valence electrons. The van der Waals surface area contributed by atoms with E-state index in [1.54, 1.807) is 16.0 Å². The van der Waals surface area contributed by atoms with Crippen molar-refractivity contribution in [3.63, 3.8) is 0 Å². The Labute approximate surface area is 320 Å². The average Bonchev–Trinajstić information content (AvgIpc) is 4.00. The second-order valence-corrected chi connectivity index (χ2v) is 15.6. The summed E-state index contributed by atoms with van der Waals surface area (Å²) < 4.78 is 0. The van der Waals surface area contributed by atoms with Crippen LogP contribution < -0.4 is 16.0 Å². The third-order valence-corrected chi connectivity index (χ3v) is 12.1. The number of aromatic nitrogens is 3. The minimum absolute atomic E-state index is 0.101. The molecule has 0 saturated carbocycles. The number of piperidine rings is 2. The number of carbonyl (C=O) groups excluding carboxylic acids is 6. The van der Waals surface area contributed by atoms with E-state index in [-0.39, 0.29) is 30.6 Å². The zero-order chi connectivity index (χ0) is 38.6. The summed E-state index contributed by atoms with van der Waals surface area (Å²) in [5.74, 6) is -2.78. The normalized spacial score (nSPS) is 28.1. The van der Waals surface area contributed by atoms with Gasteiger partial charge in [-0.2, -0.15) is 0 Å². The predicted octanol–water partition coefficient (Wildman–Crippen LogP) is 1.94. The van der Waals surface area contributed by atoms with E-state index in [4.69, 9.17) is 0 Å². The second kappa shape index (κ2) is 16.7. The van der Waals surface area contributed by atoms with Gasteiger partial charge >= 0.3 is 0 Å². The number of para-hydroxylation sites is 1.